The second-order valence-corrected chi connectivity index (χ2v) is 6.03. The van der Waals surface area contributed by atoms with Crippen LogP contribution in [0.5, 0.6) is 0 Å². The summed E-state index contributed by atoms with van der Waals surface area (Å²) < 4.78 is 11.6. The Morgan fingerprint density at radius 2 is 1.88 bits per heavy atom. The Morgan fingerprint density at radius 3 is 2.19 bits per heavy atom. The molecule has 1 aliphatic heterocycles. The highest BCUT2D eigenvalue weighted by atomic mass is 16.5. The van der Waals surface area contributed by atoms with E-state index in [-0.39, 0.29) is 17.3 Å². The third-order valence-electron chi connectivity index (χ3n) is 3.79. The molecule has 3 heteroatoms. The van der Waals surface area contributed by atoms with Crippen LogP contribution >= 0.6 is 0 Å². The van der Waals surface area contributed by atoms with E-state index in [2.05, 4.69) is 39.9 Å². The molecule has 0 saturated carbocycles. The molecule has 0 amide bonds. The van der Waals surface area contributed by atoms with E-state index in [0.717, 1.165) is 6.42 Å². The minimum Gasteiger partial charge on any atom is -0.380 e. The Kier molecular flexibility index (Phi) is 4.04. The number of hydrogen-bond acceptors (Lipinski definition) is 3. The number of methoxy groups -OCH3 is 1. The first-order chi connectivity index (χ1) is 7.23. The van der Waals surface area contributed by atoms with Crippen LogP contribution in [0.4, 0.5) is 0 Å². The van der Waals surface area contributed by atoms with E-state index >= 15 is 0 Å². The molecule has 0 aliphatic carbocycles. The largest absolute Gasteiger partial charge is 0.380 e. The summed E-state index contributed by atoms with van der Waals surface area (Å²) in [5.74, 6) is 0.474. The third kappa shape index (κ3) is 2.76. The molecule has 0 aromatic heterocycles. The van der Waals surface area contributed by atoms with Crippen LogP contribution < -0.4 is 5.32 Å². The van der Waals surface area contributed by atoms with Gasteiger partial charge in [-0.3, -0.25) is 0 Å². The van der Waals surface area contributed by atoms with Crippen LogP contribution in [0.1, 0.15) is 41.0 Å². The van der Waals surface area contributed by atoms with Crippen molar-refractivity contribution in [3.63, 3.8) is 0 Å². The molecule has 3 nitrogen and oxygen atoms in total. The third-order valence-corrected chi connectivity index (χ3v) is 3.79. The summed E-state index contributed by atoms with van der Waals surface area (Å²) in [5.41, 5.74) is -0.124. The molecule has 0 aromatic carbocycles. The van der Waals surface area contributed by atoms with Crippen LogP contribution in [0.3, 0.4) is 0 Å². The molecule has 3 atom stereocenters. The van der Waals surface area contributed by atoms with Crippen molar-refractivity contribution in [2.45, 2.75) is 64.4 Å². The van der Waals surface area contributed by atoms with Gasteiger partial charge in [-0.05, 0) is 48.1 Å². The lowest BCUT2D eigenvalue weighted by atomic mass is 9.80. The van der Waals surface area contributed by atoms with Gasteiger partial charge in [-0.15, -0.1) is 0 Å². The maximum Gasteiger partial charge on any atom is 0.0699 e. The zero-order chi connectivity index (χ0) is 12.6. The van der Waals surface area contributed by atoms with Crippen molar-refractivity contribution in [3.05, 3.63) is 0 Å². The van der Waals surface area contributed by atoms with Gasteiger partial charge in [0, 0.05) is 19.1 Å². The van der Waals surface area contributed by atoms with Gasteiger partial charge in [0.1, 0.15) is 0 Å². The van der Waals surface area contributed by atoms with Crippen molar-refractivity contribution >= 4 is 0 Å². The molecule has 3 unspecified atom stereocenters. The topological polar surface area (TPSA) is 30.5 Å². The maximum atomic E-state index is 6.13. The molecule has 0 aromatic rings. The molecule has 1 rings (SSSR count). The SMILES string of the molecule is CNC(C(C)OC)C1CC(C)(C)OC1(C)C. The average Bonchev–Trinajstić information content (AvgIpc) is 2.36. The number of likely N-dealkylation sites (N-methyl/N-ethyl adjacent to an activating group) is 1. The summed E-state index contributed by atoms with van der Waals surface area (Å²) >= 11 is 0. The average molecular weight is 229 g/mol. The number of hydrogen-bond donors (Lipinski definition) is 1. The Hall–Kier alpha value is -0.120. The van der Waals surface area contributed by atoms with Crippen LogP contribution in [0.2, 0.25) is 0 Å². The second-order valence-electron chi connectivity index (χ2n) is 6.03. The molecule has 0 radical (unpaired) electrons. The second kappa shape index (κ2) is 4.63. The minimum absolute atomic E-state index is 0.0310. The lowest BCUT2D eigenvalue weighted by Gasteiger charge is -2.35. The quantitative estimate of drug-likeness (QED) is 0.801. The van der Waals surface area contributed by atoms with E-state index in [1.54, 1.807) is 7.11 Å². The monoisotopic (exact) mass is 229 g/mol. The molecular weight excluding hydrogens is 202 g/mol. The first kappa shape index (κ1) is 13.9. The van der Waals surface area contributed by atoms with Gasteiger partial charge in [0.2, 0.25) is 0 Å². The molecule has 96 valence electrons. The Morgan fingerprint density at radius 1 is 1.31 bits per heavy atom. The summed E-state index contributed by atoms with van der Waals surface area (Å²) in [4.78, 5) is 0. The van der Waals surface area contributed by atoms with Crippen LogP contribution in [-0.4, -0.2) is 37.5 Å². The van der Waals surface area contributed by atoms with E-state index in [0.29, 0.717) is 12.0 Å². The predicted octanol–water partition coefficient (Wildman–Crippen LogP) is 2.20. The highest BCUT2D eigenvalue weighted by molar-refractivity contribution is 5.00. The van der Waals surface area contributed by atoms with E-state index in [1.165, 1.54) is 0 Å². The molecule has 16 heavy (non-hydrogen) atoms. The van der Waals surface area contributed by atoms with Crippen molar-refractivity contribution in [3.8, 4) is 0 Å². The van der Waals surface area contributed by atoms with Gasteiger partial charge in [-0.1, -0.05) is 0 Å². The fourth-order valence-electron chi connectivity index (χ4n) is 3.07. The van der Waals surface area contributed by atoms with Gasteiger partial charge in [0.25, 0.3) is 0 Å². The Balaban J connectivity index is 2.85. The van der Waals surface area contributed by atoms with Gasteiger partial charge in [0.05, 0.1) is 17.3 Å². The number of ether oxygens (including phenoxy) is 2. The van der Waals surface area contributed by atoms with Crippen molar-refractivity contribution in [1.29, 1.82) is 0 Å². The van der Waals surface area contributed by atoms with Gasteiger partial charge >= 0.3 is 0 Å². The Bertz CT molecular complexity index is 238. The van der Waals surface area contributed by atoms with Gasteiger partial charge in [0.15, 0.2) is 0 Å². The van der Waals surface area contributed by atoms with E-state index < -0.39 is 0 Å². The van der Waals surface area contributed by atoms with Crippen LogP contribution in [0, 0.1) is 5.92 Å². The minimum atomic E-state index is -0.0933. The highest BCUT2D eigenvalue weighted by Crippen LogP contribution is 2.44. The zero-order valence-electron chi connectivity index (χ0n) is 11.8. The molecule has 0 bridgehead atoms. The van der Waals surface area contributed by atoms with Crippen molar-refractivity contribution in [1.82, 2.24) is 5.32 Å². The van der Waals surface area contributed by atoms with Crippen molar-refractivity contribution < 1.29 is 9.47 Å². The molecule has 1 fully saturated rings. The first-order valence-electron chi connectivity index (χ1n) is 6.14. The lowest BCUT2D eigenvalue weighted by Crippen LogP contribution is -2.49. The normalized spacial score (nSPS) is 31.3. The van der Waals surface area contributed by atoms with Crippen molar-refractivity contribution in [2.75, 3.05) is 14.2 Å². The molecule has 1 aliphatic rings. The summed E-state index contributed by atoms with van der Waals surface area (Å²) in [7, 11) is 3.77. The molecular formula is C13H27NO2. The Labute approximate surface area is 99.9 Å². The smallest absolute Gasteiger partial charge is 0.0699 e. The fourth-order valence-corrected chi connectivity index (χ4v) is 3.07. The molecule has 1 heterocycles. The summed E-state index contributed by atoms with van der Waals surface area (Å²) in [6.07, 6.45) is 1.27. The summed E-state index contributed by atoms with van der Waals surface area (Å²) in [6, 6.07) is 0.335. The number of nitrogens with one attached hydrogen (secondary N) is 1. The van der Waals surface area contributed by atoms with Gasteiger partial charge in [-0.2, -0.15) is 0 Å². The standard InChI is InChI=1S/C13H27NO2/c1-9(15-7)11(14-6)10-8-12(2,3)16-13(10,4)5/h9-11,14H,8H2,1-7H3. The highest BCUT2D eigenvalue weighted by Gasteiger charge is 2.49. The summed E-state index contributed by atoms with van der Waals surface area (Å²) in [6.45, 7) is 10.8. The molecule has 1 N–H and O–H groups in total. The predicted molar refractivity (Wildman–Crippen MR) is 66.7 cm³/mol. The van der Waals surface area contributed by atoms with Gasteiger partial charge < -0.3 is 14.8 Å². The van der Waals surface area contributed by atoms with Crippen LogP contribution in [0.15, 0.2) is 0 Å². The van der Waals surface area contributed by atoms with Crippen LogP contribution in [0.25, 0.3) is 0 Å². The maximum absolute atomic E-state index is 6.13. The lowest BCUT2D eigenvalue weighted by molar-refractivity contribution is -0.0829. The van der Waals surface area contributed by atoms with Crippen molar-refractivity contribution in [2.24, 2.45) is 5.92 Å². The van der Waals surface area contributed by atoms with E-state index in [9.17, 15) is 0 Å². The fraction of sp³-hybridized carbons (Fsp3) is 1.00. The first-order valence-corrected chi connectivity index (χ1v) is 6.14. The number of rotatable bonds is 4. The summed E-state index contributed by atoms with van der Waals surface area (Å²) in [5, 5.41) is 3.38. The van der Waals surface area contributed by atoms with Crippen LogP contribution in [-0.2, 0) is 9.47 Å². The zero-order valence-corrected chi connectivity index (χ0v) is 11.8. The van der Waals surface area contributed by atoms with Gasteiger partial charge in [-0.25, -0.2) is 0 Å². The molecule has 0 spiro atoms. The molecule has 1 saturated heterocycles. The van der Waals surface area contributed by atoms with E-state index in [1.807, 2.05) is 7.05 Å². The van der Waals surface area contributed by atoms with E-state index in [4.69, 9.17) is 9.47 Å².